The largest absolute Gasteiger partial charge is 0.367 e. The lowest BCUT2D eigenvalue weighted by Crippen LogP contribution is -2.17. The molecule has 3 aromatic heterocycles. The Bertz CT molecular complexity index is 879. The number of fused-ring (bicyclic) bond motifs is 1. The highest BCUT2D eigenvalue weighted by Gasteiger charge is 2.21. The van der Waals surface area contributed by atoms with Gasteiger partial charge in [-0.1, -0.05) is 18.9 Å². The first-order chi connectivity index (χ1) is 11.7. The molecule has 24 heavy (non-hydrogen) atoms. The van der Waals surface area contributed by atoms with Crippen LogP contribution in [0.2, 0.25) is 0 Å². The first-order valence-electron chi connectivity index (χ1n) is 8.43. The Hall–Kier alpha value is -2.69. The third-order valence-electron chi connectivity index (χ3n) is 4.67. The van der Waals surface area contributed by atoms with Crippen molar-refractivity contribution in [2.45, 2.75) is 38.6 Å². The molecule has 5 heteroatoms. The van der Waals surface area contributed by atoms with Crippen molar-refractivity contribution in [2.24, 2.45) is 0 Å². The molecule has 0 amide bonds. The molecule has 0 spiro atoms. The van der Waals surface area contributed by atoms with Crippen LogP contribution in [0.25, 0.3) is 16.8 Å². The molecule has 0 bridgehead atoms. The molecule has 0 atom stereocenters. The number of hydrogen-bond acceptors (Lipinski definition) is 4. The average Bonchev–Trinajstić information content (AvgIpc) is 3.23. The number of carbonyl (C=O) groups excluding carboxylic acids is 1. The summed E-state index contributed by atoms with van der Waals surface area (Å²) in [5.74, 6) is 0.969. The van der Waals surface area contributed by atoms with Crippen molar-refractivity contribution in [3.05, 3.63) is 48.3 Å². The first kappa shape index (κ1) is 14.9. The van der Waals surface area contributed by atoms with Crippen LogP contribution in [0.4, 0.5) is 5.82 Å². The molecule has 3 aromatic rings. The van der Waals surface area contributed by atoms with Gasteiger partial charge in [-0.3, -0.25) is 9.78 Å². The van der Waals surface area contributed by atoms with Gasteiger partial charge in [0.2, 0.25) is 0 Å². The molecule has 0 unspecified atom stereocenters. The molecule has 1 aliphatic carbocycles. The zero-order chi connectivity index (χ0) is 16.5. The fraction of sp³-hybridized carbons (Fsp3) is 0.316. The van der Waals surface area contributed by atoms with Crippen LogP contribution in [0.1, 0.15) is 43.0 Å². The van der Waals surface area contributed by atoms with Gasteiger partial charge in [-0.05, 0) is 44.0 Å². The molecule has 0 saturated heterocycles. The molecule has 1 fully saturated rings. The number of carbonyl (C=O) groups is 1. The van der Waals surface area contributed by atoms with E-state index in [0.29, 0.717) is 17.3 Å². The number of Topliss-reactive ketones (excluding diaryl/α,β-unsaturated/α-hetero) is 1. The first-order valence-corrected chi connectivity index (χ1v) is 8.43. The molecule has 1 saturated carbocycles. The molecule has 0 aliphatic heterocycles. The van der Waals surface area contributed by atoms with E-state index in [1.165, 1.54) is 25.7 Å². The second kappa shape index (κ2) is 6.07. The lowest BCUT2D eigenvalue weighted by molar-refractivity contribution is 0.102. The van der Waals surface area contributed by atoms with Crippen molar-refractivity contribution in [2.75, 3.05) is 5.32 Å². The number of nitrogens with zero attached hydrogens (tertiary/aromatic N) is 3. The lowest BCUT2D eigenvalue weighted by Gasteiger charge is -2.14. The SMILES string of the molecule is CC(=O)c1c(-c2ccncc2)nn2c(NC3CCCC3)cccc12. The minimum Gasteiger partial charge on any atom is -0.367 e. The Morgan fingerprint density at radius 1 is 1.17 bits per heavy atom. The summed E-state index contributed by atoms with van der Waals surface area (Å²) < 4.78 is 1.87. The minimum atomic E-state index is 0.0230. The molecular formula is C19H20N4O. The van der Waals surface area contributed by atoms with E-state index in [0.717, 1.165) is 16.9 Å². The van der Waals surface area contributed by atoms with Gasteiger partial charge in [0.1, 0.15) is 11.5 Å². The van der Waals surface area contributed by atoms with Gasteiger partial charge in [0, 0.05) is 24.0 Å². The Morgan fingerprint density at radius 3 is 2.62 bits per heavy atom. The summed E-state index contributed by atoms with van der Waals surface area (Å²) in [6.07, 6.45) is 8.37. The van der Waals surface area contributed by atoms with E-state index in [-0.39, 0.29) is 5.78 Å². The lowest BCUT2D eigenvalue weighted by atomic mass is 10.1. The summed E-state index contributed by atoms with van der Waals surface area (Å²) >= 11 is 0. The van der Waals surface area contributed by atoms with Crippen molar-refractivity contribution >= 4 is 17.1 Å². The Labute approximate surface area is 140 Å². The number of pyridine rings is 2. The van der Waals surface area contributed by atoms with Crippen LogP contribution in [0.3, 0.4) is 0 Å². The average molecular weight is 320 g/mol. The van der Waals surface area contributed by atoms with E-state index >= 15 is 0 Å². The van der Waals surface area contributed by atoms with E-state index in [2.05, 4.69) is 10.3 Å². The maximum absolute atomic E-state index is 12.3. The van der Waals surface area contributed by atoms with Crippen molar-refractivity contribution in [3.63, 3.8) is 0 Å². The highest BCUT2D eigenvalue weighted by molar-refractivity contribution is 6.06. The summed E-state index contributed by atoms with van der Waals surface area (Å²) in [7, 11) is 0. The molecule has 0 aromatic carbocycles. The van der Waals surface area contributed by atoms with E-state index in [9.17, 15) is 4.79 Å². The predicted octanol–water partition coefficient (Wildman–Crippen LogP) is 3.95. The number of anilines is 1. The number of nitrogens with one attached hydrogen (secondary N) is 1. The molecule has 4 rings (SSSR count). The number of aromatic nitrogens is 3. The van der Waals surface area contributed by atoms with Crippen LogP contribution < -0.4 is 5.32 Å². The Balaban J connectivity index is 1.87. The number of rotatable bonds is 4. The summed E-state index contributed by atoms with van der Waals surface area (Å²) in [6, 6.07) is 10.2. The van der Waals surface area contributed by atoms with Gasteiger partial charge in [-0.25, -0.2) is 4.52 Å². The predicted molar refractivity (Wildman–Crippen MR) is 94.3 cm³/mol. The number of ketones is 1. The zero-order valence-electron chi connectivity index (χ0n) is 13.7. The van der Waals surface area contributed by atoms with Crippen LogP contribution in [0.5, 0.6) is 0 Å². The van der Waals surface area contributed by atoms with Crippen LogP contribution in [0, 0.1) is 0 Å². The fourth-order valence-electron chi connectivity index (χ4n) is 3.52. The van der Waals surface area contributed by atoms with Gasteiger partial charge < -0.3 is 5.32 Å². The quantitative estimate of drug-likeness (QED) is 0.739. The van der Waals surface area contributed by atoms with Gasteiger partial charge in [0.05, 0.1) is 11.1 Å². The monoisotopic (exact) mass is 320 g/mol. The topological polar surface area (TPSA) is 59.3 Å². The van der Waals surface area contributed by atoms with Gasteiger partial charge >= 0.3 is 0 Å². The Kier molecular flexibility index (Phi) is 3.76. The van der Waals surface area contributed by atoms with E-state index in [1.807, 2.05) is 34.8 Å². The summed E-state index contributed by atoms with van der Waals surface area (Å²) in [5, 5.41) is 8.34. The smallest absolute Gasteiger partial charge is 0.164 e. The van der Waals surface area contributed by atoms with Crippen LogP contribution >= 0.6 is 0 Å². The van der Waals surface area contributed by atoms with Crippen LogP contribution in [-0.2, 0) is 0 Å². The molecule has 5 nitrogen and oxygen atoms in total. The molecule has 1 aliphatic rings. The standard InChI is InChI=1S/C19H20N4O/c1-13(24)18-16-7-4-8-17(21-15-5-2-3-6-15)23(16)22-19(18)14-9-11-20-12-10-14/h4,7-12,15,21H,2-3,5-6H2,1H3. The van der Waals surface area contributed by atoms with Gasteiger partial charge in [0.15, 0.2) is 5.78 Å². The molecule has 3 heterocycles. The Morgan fingerprint density at radius 2 is 1.92 bits per heavy atom. The molecule has 122 valence electrons. The second-order valence-corrected chi connectivity index (χ2v) is 6.35. The van der Waals surface area contributed by atoms with Crippen molar-refractivity contribution in [1.29, 1.82) is 0 Å². The third-order valence-corrected chi connectivity index (χ3v) is 4.67. The van der Waals surface area contributed by atoms with Crippen LogP contribution in [-0.4, -0.2) is 26.4 Å². The summed E-state index contributed by atoms with van der Waals surface area (Å²) in [5.41, 5.74) is 3.13. The molecular weight excluding hydrogens is 300 g/mol. The van der Waals surface area contributed by atoms with E-state index < -0.39 is 0 Å². The summed E-state index contributed by atoms with van der Waals surface area (Å²) in [4.78, 5) is 16.3. The number of hydrogen-bond donors (Lipinski definition) is 1. The molecule has 1 N–H and O–H groups in total. The minimum absolute atomic E-state index is 0.0230. The van der Waals surface area contributed by atoms with Crippen molar-refractivity contribution in [1.82, 2.24) is 14.6 Å². The highest BCUT2D eigenvalue weighted by atomic mass is 16.1. The van der Waals surface area contributed by atoms with Crippen molar-refractivity contribution in [3.8, 4) is 11.3 Å². The maximum Gasteiger partial charge on any atom is 0.164 e. The maximum atomic E-state index is 12.3. The second-order valence-electron chi connectivity index (χ2n) is 6.35. The normalized spacial score (nSPS) is 15.0. The molecule has 0 radical (unpaired) electrons. The van der Waals surface area contributed by atoms with E-state index in [4.69, 9.17) is 5.10 Å². The third kappa shape index (κ3) is 2.56. The van der Waals surface area contributed by atoms with Crippen molar-refractivity contribution < 1.29 is 4.79 Å². The van der Waals surface area contributed by atoms with Gasteiger partial charge in [-0.2, -0.15) is 5.10 Å². The zero-order valence-corrected chi connectivity index (χ0v) is 13.7. The van der Waals surface area contributed by atoms with E-state index in [1.54, 1.807) is 19.3 Å². The fourth-order valence-corrected chi connectivity index (χ4v) is 3.52. The van der Waals surface area contributed by atoms with Crippen LogP contribution in [0.15, 0.2) is 42.7 Å². The van der Waals surface area contributed by atoms with Gasteiger partial charge in [0.25, 0.3) is 0 Å². The summed E-state index contributed by atoms with van der Waals surface area (Å²) in [6.45, 7) is 1.60. The van der Waals surface area contributed by atoms with Gasteiger partial charge in [-0.15, -0.1) is 0 Å². The highest BCUT2D eigenvalue weighted by Crippen LogP contribution is 2.29.